The first kappa shape index (κ1) is 11.6. The molecule has 86 valence electrons. The molecule has 0 aromatic heterocycles. The van der Waals surface area contributed by atoms with Crippen molar-refractivity contribution in [2.75, 3.05) is 0 Å². The Bertz CT molecular complexity index is 502. The molecular weight excluding hydrogens is 212 g/mol. The molecule has 2 heteroatoms. The molecule has 0 saturated heterocycles. The molecule has 2 aromatic carbocycles. The number of aryl methyl sites for hydroxylation is 1. The van der Waals surface area contributed by atoms with Crippen LogP contribution in [0.1, 0.15) is 16.7 Å². The third-order valence-electron chi connectivity index (χ3n) is 2.88. The van der Waals surface area contributed by atoms with Gasteiger partial charge in [-0.2, -0.15) is 0 Å². The topological polar surface area (TPSA) is 37.3 Å². The molecule has 1 unspecified atom stereocenters. The quantitative estimate of drug-likeness (QED) is 0.816. The lowest BCUT2D eigenvalue weighted by Gasteiger charge is -2.22. The monoisotopic (exact) mass is 226 g/mol. The Balaban J connectivity index is 2.51. The van der Waals surface area contributed by atoms with Gasteiger partial charge in [-0.3, -0.25) is 4.79 Å². The molecule has 0 aliphatic carbocycles. The minimum atomic E-state index is -1.56. The minimum Gasteiger partial charge on any atom is -0.373 e. The summed E-state index contributed by atoms with van der Waals surface area (Å²) in [6.45, 7) is 1.96. The lowest BCUT2D eigenvalue weighted by atomic mass is 9.87. The molecule has 0 heterocycles. The van der Waals surface area contributed by atoms with E-state index >= 15 is 0 Å². The van der Waals surface area contributed by atoms with Gasteiger partial charge in [0, 0.05) is 0 Å². The van der Waals surface area contributed by atoms with Crippen molar-refractivity contribution in [3.05, 3.63) is 71.3 Å². The van der Waals surface area contributed by atoms with E-state index in [1.165, 1.54) is 0 Å². The fraction of sp³-hybridized carbons (Fsp3) is 0.133. The molecular formula is C15H14O2. The number of benzene rings is 2. The summed E-state index contributed by atoms with van der Waals surface area (Å²) in [5.74, 6) is 0. The average Bonchev–Trinajstić information content (AvgIpc) is 2.40. The number of rotatable bonds is 3. The van der Waals surface area contributed by atoms with Gasteiger partial charge in [-0.1, -0.05) is 60.2 Å². The summed E-state index contributed by atoms with van der Waals surface area (Å²) in [6.07, 6.45) is 0.576. The second kappa shape index (κ2) is 4.52. The summed E-state index contributed by atoms with van der Waals surface area (Å²) < 4.78 is 0. The van der Waals surface area contributed by atoms with E-state index in [4.69, 9.17) is 0 Å². The molecule has 1 N–H and O–H groups in total. The number of aldehydes is 1. The van der Waals surface area contributed by atoms with Crippen molar-refractivity contribution < 1.29 is 9.90 Å². The predicted molar refractivity (Wildman–Crippen MR) is 66.7 cm³/mol. The maximum atomic E-state index is 11.3. The Kier molecular flexibility index (Phi) is 3.07. The van der Waals surface area contributed by atoms with Crippen molar-refractivity contribution in [1.82, 2.24) is 0 Å². The van der Waals surface area contributed by atoms with E-state index in [2.05, 4.69) is 0 Å². The van der Waals surface area contributed by atoms with Crippen LogP contribution in [-0.2, 0) is 10.4 Å². The maximum absolute atomic E-state index is 11.3. The second-order valence-corrected chi connectivity index (χ2v) is 4.12. The molecule has 0 spiro atoms. The SMILES string of the molecule is Cc1ccc(C(O)(C=O)c2ccccc2)cc1. The third kappa shape index (κ3) is 2.12. The number of aliphatic hydroxyl groups is 1. The average molecular weight is 226 g/mol. The minimum absolute atomic E-state index is 0.576. The molecule has 2 aromatic rings. The van der Waals surface area contributed by atoms with Gasteiger partial charge in [-0.15, -0.1) is 0 Å². The van der Waals surface area contributed by atoms with Crippen LogP contribution in [-0.4, -0.2) is 11.4 Å². The molecule has 0 fully saturated rings. The highest BCUT2D eigenvalue weighted by atomic mass is 16.3. The van der Waals surface area contributed by atoms with E-state index < -0.39 is 5.60 Å². The lowest BCUT2D eigenvalue weighted by Crippen LogP contribution is -2.28. The van der Waals surface area contributed by atoms with Gasteiger partial charge in [-0.05, 0) is 18.1 Å². The van der Waals surface area contributed by atoms with Crippen LogP contribution in [0.3, 0.4) is 0 Å². The zero-order valence-electron chi connectivity index (χ0n) is 9.63. The number of carbonyl (C=O) groups excluding carboxylic acids is 1. The van der Waals surface area contributed by atoms with E-state index in [9.17, 15) is 9.90 Å². The van der Waals surface area contributed by atoms with Gasteiger partial charge < -0.3 is 5.11 Å². The van der Waals surface area contributed by atoms with Gasteiger partial charge in [0.15, 0.2) is 11.9 Å². The fourth-order valence-corrected chi connectivity index (χ4v) is 1.80. The normalized spacial score (nSPS) is 14.0. The van der Waals surface area contributed by atoms with Gasteiger partial charge >= 0.3 is 0 Å². The standard InChI is InChI=1S/C15H14O2/c1-12-7-9-14(10-8-12)15(17,11-16)13-5-3-2-4-6-13/h2-11,17H,1H3. The molecule has 2 nitrogen and oxygen atoms in total. The van der Waals surface area contributed by atoms with Crippen molar-refractivity contribution in [2.24, 2.45) is 0 Å². The summed E-state index contributed by atoms with van der Waals surface area (Å²) in [6, 6.07) is 16.3. The smallest absolute Gasteiger partial charge is 0.170 e. The molecule has 0 saturated carbocycles. The van der Waals surface area contributed by atoms with Gasteiger partial charge in [0.2, 0.25) is 0 Å². The summed E-state index contributed by atoms with van der Waals surface area (Å²) in [5.41, 5.74) is 0.702. The van der Waals surface area contributed by atoms with Crippen molar-refractivity contribution in [3.8, 4) is 0 Å². The van der Waals surface area contributed by atoms with Gasteiger partial charge in [0.05, 0.1) is 0 Å². The Morgan fingerprint density at radius 1 is 0.941 bits per heavy atom. The molecule has 17 heavy (non-hydrogen) atoms. The molecule has 0 amide bonds. The molecule has 0 radical (unpaired) electrons. The summed E-state index contributed by atoms with van der Waals surface area (Å²) >= 11 is 0. The summed E-state index contributed by atoms with van der Waals surface area (Å²) in [7, 11) is 0. The highest BCUT2D eigenvalue weighted by Gasteiger charge is 2.30. The molecule has 0 aliphatic rings. The zero-order chi connectivity index (χ0) is 12.3. The fourth-order valence-electron chi connectivity index (χ4n) is 1.80. The number of hydrogen-bond acceptors (Lipinski definition) is 2. The Morgan fingerprint density at radius 3 is 2.00 bits per heavy atom. The van der Waals surface area contributed by atoms with Crippen molar-refractivity contribution in [1.29, 1.82) is 0 Å². The Labute approximate surface area is 101 Å². The zero-order valence-corrected chi connectivity index (χ0v) is 9.63. The summed E-state index contributed by atoms with van der Waals surface area (Å²) in [5, 5.41) is 10.5. The van der Waals surface area contributed by atoms with Crippen LogP contribution in [0.5, 0.6) is 0 Å². The highest BCUT2D eigenvalue weighted by molar-refractivity contribution is 5.72. The highest BCUT2D eigenvalue weighted by Crippen LogP contribution is 2.27. The van der Waals surface area contributed by atoms with Crippen LogP contribution in [0.25, 0.3) is 0 Å². The van der Waals surface area contributed by atoms with Crippen LogP contribution in [0.15, 0.2) is 54.6 Å². The van der Waals surface area contributed by atoms with Gasteiger partial charge in [0.25, 0.3) is 0 Å². The van der Waals surface area contributed by atoms with Crippen molar-refractivity contribution in [3.63, 3.8) is 0 Å². The largest absolute Gasteiger partial charge is 0.373 e. The molecule has 0 bridgehead atoms. The van der Waals surface area contributed by atoms with Crippen LogP contribution >= 0.6 is 0 Å². The Morgan fingerprint density at radius 2 is 1.47 bits per heavy atom. The van der Waals surface area contributed by atoms with E-state index in [1.807, 2.05) is 25.1 Å². The van der Waals surface area contributed by atoms with Crippen molar-refractivity contribution >= 4 is 6.29 Å². The first-order chi connectivity index (χ1) is 8.16. The predicted octanol–water partition coefficient (Wildman–Crippen LogP) is 2.43. The lowest BCUT2D eigenvalue weighted by molar-refractivity contribution is -0.121. The van der Waals surface area contributed by atoms with Gasteiger partial charge in [0.1, 0.15) is 0 Å². The van der Waals surface area contributed by atoms with E-state index in [0.717, 1.165) is 5.56 Å². The van der Waals surface area contributed by atoms with E-state index in [1.54, 1.807) is 36.4 Å². The van der Waals surface area contributed by atoms with Crippen molar-refractivity contribution in [2.45, 2.75) is 12.5 Å². The van der Waals surface area contributed by atoms with Crippen LogP contribution in [0.2, 0.25) is 0 Å². The summed E-state index contributed by atoms with van der Waals surface area (Å²) in [4.78, 5) is 11.3. The Hall–Kier alpha value is -1.93. The van der Waals surface area contributed by atoms with Crippen LogP contribution in [0.4, 0.5) is 0 Å². The van der Waals surface area contributed by atoms with Gasteiger partial charge in [-0.25, -0.2) is 0 Å². The van der Waals surface area contributed by atoms with Crippen LogP contribution in [0, 0.1) is 6.92 Å². The van der Waals surface area contributed by atoms with E-state index in [0.29, 0.717) is 17.4 Å². The first-order valence-electron chi connectivity index (χ1n) is 5.48. The second-order valence-electron chi connectivity index (χ2n) is 4.12. The van der Waals surface area contributed by atoms with E-state index in [-0.39, 0.29) is 0 Å². The molecule has 0 aliphatic heterocycles. The maximum Gasteiger partial charge on any atom is 0.170 e. The first-order valence-corrected chi connectivity index (χ1v) is 5.48. The molecule has 2 rings (SSSR count). The molecule has 1 atom stereocenters. The number of hydrogen-bond donors (Lipinski definition) is 1. The van der Waals surface area contributed by atoms with Crippen LogP contribution < -0.4 is 0 Å². The number of carbonyl (C=O) groups is 1. The third-order valence-corrected chi connectivity index (χ3v) is 2.88.